The zero-order chi connectivity index (χ0) is 13.4. The molecule has 21 heavy (non-hydrogen) atoms. The predicted molar refractivity (Wildman–Crippen MR) is 72.9 cm³/mol. The molecule has 0 bridgehead atoms. The Bertz CT molecular complexity index is 769. The van der Waals surface area contributed by atoms with Crippen LogP contribution < -0.4 is 30.5 Å². The van der Waals surface area contributed by atoms with Crippen molar-refractivity contribution in [3.63, 3.8) is 0 Å². The Morgan fingerprint density at radius 2 is 1.76 bits per heavy atom. The maximum absolute atomic E-state index is 10.8. The van der Waals surface area contributed by atoms with Crippen molar-refractivity contribution >= 4 is 22.7 Å². The van der Waals surface area contributed by atoms with Crippen molar-refractivity contribution in [2.24, 2.45) is 0 Å². The normalized spacial score (nSPS) is 9.71. The van der Waals surface area contributed by atoms with Gasteiger partial charge in [-0.15, -0.1) is 0 Å². The van der Waals surface area contributed by atoms with Gasteiger partial charge in [0.2, 0.25) is 0 Å². The lowest BCUT2D eigenvalue weighted by molar-refractivity contribution is -0.00100. The van der Waals surface area contributed by atoms with Crippen LogP contribution in [0.4, 0.5) is 5.69 Å². The van der Waals surface area contributed by atoms with Gasteiger partial charge >= 0.3 is 5.97 Å². The van der Waals surface area contributed by atoms with Gasteiger partial charge in [0.25, 0.3) is 0 Å². The molecular formula is C14H11Cl2N3O2-2. The first-order valence-corrected chi connectivity index (χ1v) is 5.72. The summed E-state index contributed by atoms with van der Waals surface area (Å²) in [5, 5.41) is 8.85. The number of carbonyl (C=O) groups is 1. The van der Waals surface area contributed by atoms with Gasteiger partial charge in [-0.2, -0.15) is 0 Å². The van der Waals surface area contributed by atoms with Crippen molar-refractivity contribution in [2.45, 2.75) is 0 Å². The summed E-state index contributed by atoms with van der Waals surface area (Å²) in [5.41, 5.74) is 9.15. The summed E-state index contributed by atoms with van der Waals surface area (Å²) in [7, 11) is 0. The first-order valence-electron chi connectivity index (χ1n) is 5.72. The summed E-state index contributed by atoms with van der Waals surface area (Å²) in [5.74, 6) is -0.249. The summed E-state index contributed by atoms with van der Waals surface area (Å²) in [4.78, 5) is 18.4. The van der Waals surface area contributed by atoms with Crippen LogP contribution in [-0.2, 0) is 0 Å². The van der Waals surface area contributed by atoms with Crippen LogP contribution in [0.2, 0.25) is 0 Å². The van der Waals surface area contributed by atoms with E-state index in [2.05, 4.69) is 9.97 Å². The van der Waals surface area contributed by atoms with Crippen LogP contribution in [0.5, 0.6) is 0 Å². The van der Waals surface area contributed by atoms with E-state index in [4.69, 9.17) is 10.8 Å². The fraction of sp³-hybridized carbons (Fsp3) is 0. The third kappa shape index (κ3) is 3.26. The fourth-order valence-corrected chi connectivity index (χ4v) is 1.93. The van der Waals surface area contributed by atoms with E-state index in [0.717, 1.165) is 16.6 Å². The molecule has 0 aliphatic carbocycles. The highest BCUT2D eigenvalue weighted by Crippen LogP contribution is 2.22. The van der Waals surface area contributed by atoms with Crippen molar-refractivity contribution in [3.8, 4) is 11.4 Å². The van der Waals surface area contributed by atoms with Gasteiger partial charge in [-0.05, 0) is 30.3 Å². The number of imidazole rings is 1. The van der Waals surface area contributed by atoms with E-state index in [1.54, 1.807) is 30.3 Å². The number of fused-ring (bicyclic) bond motifs is 1. The molecule has 2 aromatic carbocycles. The summed E-state index contributed by atoms with van der Waals surface area (Å²) < 4.78 is 0. The van der Waals surface area contributed by atoms with Crippen molar-refractivity contribution in [1.82, 2.24) is 9.97 Å². The van der Waals surface area contributed by atoms with Crippen molar-refractivity contribution in [3.05, 3.63) is 48.0 Å². The number of nitrogens with two attached hydrogens (primary N) is 1. The van der Waals surface area contributed by atoms with Crippen molar-refractivity contribution in [2.75, 3.05) is 5.73 Å². The first kappa shape index (κ1) is 16.8. The zero-order valence-corrected chi connectivity index (χ0v) is 12.2. The molecule has 0 fully saturated rings. The maximum atomic E-state index is 10.8. The summed E-state index contributed by atoms with van der Waals surface area (Å²) in [6, 6.07) is 12.0. The van der Waals surface area contributed by atoms with E-state index in [1.807, 2.05) is 12.1 Å². The minimum Gasteiger partial charge on any atom is -1.00 e. The number of nitrogen functional groups attached to an aromatic ring is 1. The molecule has 1 aromatic heterocycles. The summed E-state index contributed by atoms with van der Waals surface area (Å²) in [6.45, 7) is 0. The number of benzene rings is 2. The molecule has 0 amide bonds. The van der Waals surface area contributed by atoms with Gasteiger partial charge in [0.05, 0.1) is 16.6 Å². The second kappa shape index (κ2) is 6.47. The molecule has 0 unspecified atom stereocenters. The van der Waals surface area contributed by atoms with Crippen LogP contribution in [0.3, 0.4) is 0 Å². The molecule has 0 aliphatic heterocycles. The number of carboxylic acids is 1. The first-order chi connectivity index (χ1) is 9.13. The minimum absolute atomic E-state index is 0. The average molecular weight is 324 g/mol. The van der Waals surface area contributed by atoms with Gasteiger partial charge in [-0.25, -0.2) is 9.78 Å². The highest BCUT2D eigenvalue weighted by Gasteiger charge is 2.07. The van der Waals surface area contributed by atoms with Gasteiger partial charge in [0.1, 0.15) is 5.82 Å². The standard InChI is InChI=1S/C14H11N3O2.2ClH/c15-10-5-6-11-12(7-10)17-13(16-11)8-1-3-9(4-2-8)14(18)19;;/h1-7H,15H2,(H,16,17)(H,18,19);2*1H/p-2. The third-order valence-corrected chi connectivity index (χ3v) is 2.91. The summed E-state index contributed by atoms with van der Waals surface area (Å²) in [6.07, 6.45) is 0. The highest BCUT2D eigenvalue weighted by atomic mass is 35.5. The van der Waals surface area contributed by atoms with Crippen LogP contribution in [0, 0.1) is 0 Å². The van der Waals surface area contributed by atoms with Gasteiger partial charge in [0, 0.05) is 11.3 Å². The number of carboxylic acid groups (broad SMARTS) is 1. The molecule has 0 saturated heterocycles. The fourth-order valence-electron chi connectivity index (χ4n) is 1.93. The van der Waals surface area contributed by atoms with Crippen LogP contribution in [0.25, 0.3) is 22.4 Å². The number of H-pyrrole nitrogens is 1. The molecule has 0 radical (unpaired) electrons. The Hall–Kier alpha value is -2.24. The smallest absolute Gasteiger partial charge is 0.335 e. The van der Waals surface area contributed by atoms with E-state index in [-0.39, 0.29) is 30.4 Å². The Morgan fingerprint density at radius 3 is 2.38 bits per heavy atom. The van der Waals surface area contributed by atoms with Gasteiger partial charge in [0.15, 0.2) is 0 Å². The van der Waals surface area contributed by atoms with E-state index >= 15 is 0 Å². The Balaban J connectivity index is 0.00000110. The predicted octanol–water partition coefficient (Wildman–Crippen LogP) is -3.48. The molecular weight excluding hydrogens is 313 g/mol. The molecule has 0 spiro atoms. The van der Waals surface area contributed by atoms with Crippen molar-refractivity contribution < 1.29 is 34.7 Å². The topological polar surface area (TPSA) is 92.0 Å². The lowest BCUT2D eigenvalue weighted by atomic mass is 10.1. The molecule has 5 nitrogen and oxygen atoms in total. The second-order valence-electron chi connectivity index (χ2n) is 4.24. The van der Waals surface area contributed by atoms with E-state index < -0.39 is 5.97 Å². The number of nitrogens with one attached hydrogen (secondary N) is 1. The highest BCUT2D eigenvalue weighted by molar-refractivity contribution is 5.88. The van der Waals surface area contributed by atoms with Gasteiger partial charge in [-0.1, -0.05) is 12.1 Å². The number of halogens is 2. The number of rotatable bonds is 2. The van der Waals surface area contributed by atoms with E-state index in [9.17, 15) is 4.79 Å². The van der Waals surface area contributed by atoms with Crippen LogP contribution >= 0.6 is 0 Å². The molecule has 7 heteroatoms. The molecule has 0 saturated carbocycles. The number of hydrogen-bond acceptors (Lipinski definition) is 3. The molecule has 3 aromatic rings. The quantitative estimate of drug-likeness (QED) is 0.427. The van der Waals surface area contributed by atoms with E-state index in [0.29, 0.717) is 11.5 Å². The number of aromatic amines is 1. The molecule has 1 heterocycles. The zero-order valence-electron chi connectivity index (χ0n) is 10.7. The number of nitrogens with zero attached hydrogens (tertiary/aromatic N) is 1. The second-order valence-corrected chi connectivity index (χ2v) is 4.24. The van der Waals surface area contributed by atoms with Crippen LogP contribution in [-0.4, -0.2) is 21.0 Å². The maximum Gasteiger partial charge on any atom is 0.335 e. The Kier molecular flexibility index (Phi) is 5.18. The molecule has 4 N–H and O–H groups in total. The molecule has 0 atom stereocenters. The Morgan fingerprint density at radius 1 is 1.10 bits per heavy atom. The molecule has 0 aliphatic rings. The van der Waals surface area contributed by atoms with Crippen LogP contribution in [0.1, 0.15) is 10.4 Å². The number of aromatic carboxylic acids is 1. The van der Waals surface area contributed by atoms with E-state index in [1.165, 1.54) is 0 Å². The number of aromatic nitrogens is 2. The number of hydrogen-bond donors (Lipinski definition) is 3. The largest absolute Gasteiger partial charge is 1.00 e. The third-order valence-electron chi connectivity index (χ3n) is 2.91. The monoisotopic (exact) mass is 323 g/mol. The van der Waals surface area contributed by atoms with Crippen molar-refractivity contribution in [1.29, 1.82) is 0 Å². The van der Waals surface area contributed by atoms with Gasteiger partial charge in [-0.3, -0.25) is 0 Å². The number of anilines is 1. The molecule has 110 valence electrons. The SMILES string of the molecule is Nc1ccc2nc(-c3ccc(C(=O)O)cc3)[nH]c2c1.[Cl-].[Cl-]. The van der Waals surface area contributed by atoms with Gasteiger partial charge < -0.3 is 40.6 Å². The molecule has 3 rings (SSSR count). The Labute approximate surface area is 133 Å². The minimum atomic E-state index is -0.941. The average Bonchev–Trinajstić information content (AvgIpc) is 2.81. The lowest BCUT2D eigenvalue weighted by Crippen LogP contribution is -3.00. The van der Waals surface area contributed by atoms with Crippen LogP contribution in [0.15, 0.2) is 42.5 Å². The lowest BCUT2D eigenvalue weighted by Gasteiger charge is -1.97. The summed E-state index contributed by atoms with van der Waals surface area (Å²) >= 11 is 0.